The monoisotopic (exact) mass is 334 g/mol. The van der Waals surface area contributed by atoms with Gasteiger partial charge >= 0.3 is 0 Å². The fourth-order valence-electron chi connectivity index (χ4n) is 2.97. The summed E-state index contributed by atoms with van der Waals surface area (Å²) in [6, 6.07) is 8.36. The Kier molecular flexibility index (Phi) is 4.41. The van der Waals surface area contributed by atoms with E-state index in [1.165, 1.54) is 11.1 Å². The topological polar surface area (TPSA) is 72.3 Å². The van der Waals surface area contributed by atoms with Crippen molar-refractivity contribution in [1.29, 1.82) is 5.26 Å². The summed E-state index contributed by atoms with van der Waals surface area (Å²) in [6.45, 7) is 8.63. The van der Waals surface area contributed by atoms with E-state index in [0.29, 0.717) is 23.4 Å². The highest BCUT2D eigenvalue weighted by Gasteiger charge is 2.22. The molecule has 3 aromatic rings. The van der Waals surface area contributed by atoms with Gasteiger partial charge in [-0.05, 0) is 23.0 Å². The highest BCUT2D eigenvalue weighted by atomic mass is 15.4. The molecule has 6 nitrogen and oxygen atoms in total. The van der Waals surface area contributed by atoms with Crippen molar-refractivity contribution in [3.05, 3.63) is 47.7 Å². The number of aromatic nitrogens is 5. The first-order chi connectivity index (χ1) is 11.9. The lowest BCUT2D eigenvalue weighted by molar-refractivity contribution is 0.770. The summed E-state index contributed by atoms with van der Waals surface area (Å²) < 4.78 is 3.64. The zero-order chi connectivity index (χ0) is 18.1. The number of rotatable bonds is 4. The largest absolute Gasteiger partial charge is 0.340 e. The molecule has 0 aliphatic carbocycles. The van der Waals surface area contributed by atoms with Gasteiger partial charge in [0.1, 0.15) is 11.8 Å². The van der Waals surface area contributed by atoms with Gasteiger partial charge in [-0.2, -0.15) is 10.2 Å². The number of nitrogens with zero attached hydrogens (tertiary/aromatic N) is 6. The Hall–Kier alpha value is -2.94. The van der Waals surface area contributed by atoms with Crippen LogP contribution in [-0.4, -0.2) is 24.3 Å². The van der Waals surface area contributed by atoms with Gasteiger partial charge in [-0.3, -0.25) is 0 Å². The molecular weight excluding hydrogens is 312 g/mol. The average molecular weight is 334 g/mol. The van der Waals surface area contributed by atoms with Crippen molar-refractivity contribution >= 4 is 0 Å². The molecule has 0 saturated carbocycles. The van der Waals surface area contributed by atoms with Crippen molar-refractivity contribution in [2.75, 3.05) is 0 Å². The molecule has 0 aliphatic heterocycles. The zero-order valence-corrected chi connectivity index (χ0v) is 15.2. The highest BCUT2D eigenvalue weighted by molar-refractivity contribution is 5.58. The van der Waals surface area contributed by atoms with E-state index < -0.39 is 0 Å². The molecule has 0 amide bonds. The summed E-state index contributed by atoms with van der Waals surface area (Å²) in [4.78, 5) is 8.80. The van der Waals surface area contributed by atoms with Gasteiger partial charge in [-0.15, -0.1) is 5.10 Å². The molecular formula is C19H22N6. The lowest BCUT2D eigenvalue weighted by atomic mass is 9.92. The fourth-order valence-corrected chi connectivity index (χ4v) is 2.97. The first kappa shape index (κ1) is 16.9. The molecule has 0 radical (unpaired) electrons. The maximum Gasteiger partial charge on any atom is 0.253 e. The smallest absolute Gasteiger partial charge is 0.253 e. The molecule has 0 saturated heterocycles. The van der Waals surface area contributed by atoms with Crippen molar-refractivity contribution < 1.29 is 0 Å². The second-order valence-corrected chi connectivity index (χ2v) is 6.80. The highest BCUT2D eigenvalue weighted by Crippen LogP contribution is 2.33. The van der Waals surface area contributed by atoms with Crippen LogP contribution in [0, 0.1) is 11.3 Å². The van der Waals surface area contributed by atoms with Crippen LogP contribution >= 0.6 is 0 Å². The fraction of sp³-hybridized carbons (Fsp3) is 0.368. The molecule has 3 rings (SSSR count). The number of benzene rings is 1. The summed E-state index contributed by atoms with van der Waals surface area (Å²) in [5.74, 6) is 1.38. The molecule has 128 valence electrons. The number of hydrogen-bond donors (Lipinski definition) is 0. The van der Waals surface area contributed by atoms with Crippen LogP contribution in [0.15, 0.2) is 30.7 Å². The third kappa shape index (κ3) is 3.05. The van der Waals surface area contributed by atoms with Crippen LogP contribution < -0.4 is 0 Å². The summed E-state index contributed by atoms with van der Waals surface area (Å²) in [5.41, 5.74) is 4.06. The van der Waals surface area contributed by atoms with Crippen LogP contribution in [0.1, 0.15) is 56.5 Å². The zero-order valence-electron chi connectivity index (χ0n) is 15.2. The molecule has 0 N–H and O–H groups in total. The lowest BCUT2D eigenvalue weighted by Gasteiger charge is -2.20. The lowest BCUT2D eigenvalue weighted by Crippen LogP contribution is -2.10. The van der Waals surface area contributed by atoms with Gasteiger partial charge in [0.25, 0.3) is 5.82 Å². The van der Waals surface area contributed by atoms with E-state index >= 15 is 0 Å². The predicted molar refractivity (Wildman–Crippen MR) is 96.5 cm³/mol. The first-order valence-electron chi connectivity index (χ1n) is 8.41. The Balaban J connectivity index is 2.34. The van der Waals surface area contributed by atoms with Crippen molar-refractivity contribution in [3.63, 3.8) is 0 Å². The minimum atomic E-state index is 0.147. The van der Waals surface area contributed by atoms with Gasteiger partial charge in [0, 0.05) is 13.2 Å². The van der Waals surface area contributed by atoms with E-state index in [-0.39, 0.29) is 5.82 Å². The molecule has 2 heterocycles. The van der Waals surface area contributed by atoms with Gasteiger partial charge in [-0.25, -0.2) is 9.67 Å². The van der Waals surface area contributed by atoms with Crippen LogP contribution in [0.25, 0.3) is 17.2 Å². The Bertz CT molecular complexity index is 913. The van der Waals surface area contributed by atoms with E-state index in [1.54, 1.807) is 11.0 Å². The molecule has 0 fully saturated rings. The molecule has 0 aliphatic rings. The Labute approximate surface area is 147 Å². The predicted octanol–water partition coefficient (Wildman–Crippen LogP) is 3.79. The normalized spacial score (nSPS) is 11.3. The molecule has 25 heavy (non-hydrogen) atoms. The summed E-state index contributed by atoms with van der Waals surface area (Å²) >= 11 is 0. The van der Waals surface area contributed by atoms with Crippen LogP contribution in [0.4, 0.5) is 0 Å². The van der Waals surface area contributed by atoms with Gasteiger partial charge in [0.15, 0.2) is 5.82 Å². The van der Waals surface area contributed by atoms with E-state index in [2.05, 4.69) is 67.0 Å². The van der Waals surface area contributed by atoms with Crippen LogP contribution in [0.2, 0.25) is 0 Å². The maximum atomic E-state index is 9.32. The van der Waals surface area contributed by atoms with Crippen LogP contribution in [0.5, 0.6) is 0 Å². The molecule has 2 aromatic heterocycles. The SMILES string of the molecule is CC(C)c1cccc(C(C)C)c1-n1nc(C#N)nc1-c1cn(C)cn1. The summed E-state index contributed by atoms with van der Waals surface area (Å²) in [5, 5.41) is 13.8. The quantitative estimate of drug-likeness (QED) is 0.728. The number of nitriles is 1. The van der Waals surface area contributed by atoms with Gasteiger partial charge in [-0.1, -0.05) is 45.9 Å². The van der Waals surface area contributed by atoms with Crippen molar-refractivity contribution in [3.8, 4) is 23.3 Å². The van der Waals surface area contributed by atoms with Gasteiger partial charge in [0.05, 0.1) is 12.0 Å². The van der Waals surface area contributed by atoms with Gasteiger partial charge in [0.2, 0.25) is 0 Å². The van der Waals surface area contributed by atoms with Crippen molar-refractivity contribution in [2.45, 2.75) is 39.5 Å². The molecule has 0 unspecified atom stereocenters. The molecule has 1 aromatic carbocycles. The van der Waals surface area contributed by atoms with Crippen molar-refractivity contribution in [1.82, 2.24) is 24.3 Å². The summed E-state index contributed by atoms with van der Waals surface area (Å²) in [6.07, 6.45) is 3.60. The van der Waals surface area contributed by atoms with Crippen molar-refractivity contribution in [2.24, 2.45) is 7.05 Å². The molecule has 0 atom stereocenters. The number of aryl methyl sites for hydroxylation is 1. The third-order valence-corrected chi connectivity index (χ3v) is 4.20. The number of para-hydroxylation sites is 1. The summed E-state index contributed by atoms with van der Waals surface area (Å²) in [7, 11) is 1.91. The molecule has 6 heteroatoms. The minimum Gasteiger partial charge on any atom is -0.340 e. The Morgan fingerprint density at radius 3 is 2.20 bits per heavy atom. The maximum absolute atomic E-state index is 9.32. The van der Waals surface area contributed by atoms with Crippen LogP contribution in [-0.2, 0) is 7.05 Å². The minimum absolute atomic E-state index is 0.147. The Morgan fingerprint density at radius 1 is 1.08 bits per heavy atom. The van der Waals surface area contributed by atoms with E-state index in [9.17, 15) is 5.26 Å². The Morgan fingerprint density at radius 2 is 1.72 bits per heavy atom. The average Bonchev–Trinajstić information content (AvgIpc) is 3.19. The van der Waals surface area contributed by atoms with E-state index in [1.807, 2.05) is 17.8 Å². The molecule has 0 spiro atoms. The van der Waals surface area contributed by atoms with Gasteiger partial charge < -0.3 is 4.57 Å². The second kappa shape index (κ2) is 6.52. The van der Waals surface area contributed by atoms with E-state index in [0.717, 1.165) is 5.69 Å². The number of imidazole rings is 1. The molecule has 0 bridgehead atoms. The third-order valence-electron chi connectivity index (χ3n) is 4.20. The number of hydrogen-bond acceptors (Lipinski definition) is 4. The van der Waals surface area contributed by atoms with Crippen LogP contribution in [0.3, 0.4) is 0 Å². The second-order valence-electron chi connectivity index (χ2n) is 6.80. The standard InChI is InChI=1S/C19H22N6/c1-12(2)14-7-6-8-15(13(3)4)18(14)25-19(22-17(9-20)23-25)16-10-24(5)11-21-16/h6-8,10-13H,1-5H3. The first-order valence-corrected chi connectivity index (χ1v) is 8.41. The van der Waals surface area contributed by atoms with E-state index in [4.69, 9.17) is 0 Å².